The number of allylic oxidation sites excluding steroid dienone is 1. The van der Waals surface area contributed by atoms with Gasteiger partial charge in [0, 0.05) is 30.6 Å². The molecule has 1 aliphatic carbocycles. The third-order valence-corrected chi connectivity index (χ3v) is 10.2. The molecule has 2 aliphatic rings. The van der Waals surface area contributed by atoms with Crippen molar-refractivity contribution in [3.63, 3.8) is 0 Å². The molecule has 6 heteroatoms. The topological polar surface area (TPSA) is 59.1 Å². The summed E-state index contributed by atoms with van der Waals surface area (Å²) in [5.74, 6) is 0.764. The van der Waals surface area contributed by atoms with Crippen molar-refractivity contribution < 1.29 is 19.1 Å². The van der Waals surface area contributed by atoms with Gasteiger partial charge in [0.15, 0.2) is 5.78 Å². The van der Waals surface area contributed by atoms with E-state index in [4.69, 9.17) is 9.47 Å². The van der Waals surface area contributed by atoms with E-state index in [2.05, 4.69) is 77.5 Å². The molecule has 1 fully saturated rings. The number of hydrogen-bond donors (Lipinski definition) is 0. The van der Waals surface area contributed by atoms with Gasteiger partial charge in [0.25, 0.3) is 0 Å². The molecular weight excluding hydrogens is 620 g/mol. The van der Waals surface area contributed by atoms with Crippen LogP contribution in [0.1, 0.15) is 77.2 Å². The van der Waals surface area contributed by atoms with E-state index in [1.54, 1.807) is 0 Å². The molecule has 4 aromatic carbocycles. The molecule has 0 unspecified atom stereocenters. The second-order valence-electron chi connectivity index (χ2n) is 13.8. The van der Waals surface area contributed by atoms with Crippen molar-refractivity contribution >= 4 is 17.8 Å². The summed E-state index contributed by atoms with van der Waals surface area (Å²) >= 11 is 0. The molecule has 0 saturated carbocycles. The highest BCUT2D eigenvalue weighted by molar-refractivity contribution is 6.15. The molecule has 0 radical (unpaired) electrons. The molecule has 6 nitrogen and oxygen atoms in total. The molecule has 1 heterocycles. The second-order valence-corrected chi connectivity index (χ2v) is 13.8. The largest absolute Gasteiger partial charge is 0.494 e. The fourth-order valence-corrected chi connectivity index (χ4v) is 7.37. The first-order valence-electron chi connectivity index (χ1n) is 18.2. The fourth-order valence-electron chi connectivity index (χ4n) is 7.37. The summed E-state index contributed by atoms with van der Waals surface area (Å²) in [6, 6.07) is 35.1. The number of esters is 1. The van der Waals surface area contributed by atoms with Gasteiger partial charge in [0.2, 0.25) is 0 Å². The van der Waals surface area contributed by atoms with Gasteiger partial charge in [0.1, 0.15) is 5.75 Å². The number of Topliss-reactive ketones (excluding diaryl/α,β-unsaturated/α-hetero) is 1. The van der Waals surface area contributed by atoms with Crippen molar-refractivity contribution in [2.45, 2.75) is 64.0 Å². The number of carbonyl (C=O) groups excluding carboxylic acids is 2. The first-order chi connectivity index (χ1) is 24.4. The van der Waals surface area contributed by atoms with Crippen LogP contribution in [-0.2, 0) is 34.5 Å². The lowest BCUT2D eigenvalue weighted by Crippen LogP contribution is -2.48. The van der Waals surface area contributed by atoms with Gasteiger partial charge in [0.05, 0.1) is 18.6 Å². The highest BCUT2D eigenvalue weighted by Gasteiger charge is 2.44. The number of hydrogen-bond acceptors (Lipinski definition) is 6. The number of carbonyl (C=O) groups is 2. The van der Waals surface area contributed by atoms with Gasteiger partial charge in [-0.15, -0.1) is 0 Å². The SMILES string of the molecule is CCOC(=O)C1(c2ccccc2)CCN(CCCCCOc2ccc3c(c2)C(=O)/C(=C/c2ccc(CN(C)Cc4ccccc4)cc2)C3)CC1. The van der Waals surface area contributed by atoms with Crippen molar-refractivity contribution in [3.05, 3.63) is 142 Å². The Labute approximate surface area is 297 Å². The van der Waals surface area contributed by atoms with E-state index in [-0.39, 0.29) is 11.8 Å². The Hall–Kier alpha value is -4.52. The summed E-state index contributed by atoms with van der Waals surface area (Å²) in [5.41, 5.74) is 6.78. The van der Waals surface area contributed by atoms with E-state index in [1.165, 1.54) is 11.1 Å². The molecule has 0 bridgehead atoms. The van der Waals surface area contributed by atoms with Crippen LogP contribution in [-0.4, -0.2) is 61.4 Å². The highest BCUT2D eigenvalue weighted by atomic mass is 16.5. The number of ketones is 1. The van der Waals surface area contributed by atoms with E-state index >= 15 is 0 Å². The molecule has 0 N–H and O–H groups in total. The normalized spacial score (nSPS) is 16.5. The molecule has 0 amide bonds. The van der Waals surface area contributed by atoms with E-state index in [1.807, 2.05) is 55.5 Å². The van der Waals surface area contributed by atoms with Gasteiger partial charge in [-0.3, -0.25) is 14.5 Å². The molecule has 260 valence electrons. The first-order valence-corrected chi connectivity index (χ1v) is 18.2. The van der Waals surface area contributed by atoms with Gasteiger partial charge < -0.3 is 14.4 Å². The molecule has 1 aliphatic heterocycles. The lowest BCUT2D eigenvalue weighted by Gasteiger charge is -2.40. The van der Waals surface area contributed by atoms with Crippen LogP contribution in [0.3, 0.4) is 0 Å². The Balaban J connectivity index is 0.921. The number of fused-ring (bicyclic) bond motifs is 1. The van der Waals surface area contributed by atoms with Crippen molar-refractivity contribution in [1.82, 2.24) is 9.80 Å². The van der Waals surface area contributed by atoms with Crippen molar-refractivity contribution in [3.8, 4) is 5.75 Å². The molecule has 0 atom stereocenters. The Morgan fingerprint density at radius 3 is 2.22 bits per heavy atom. The Morgan fingerprint density at radius 1 is 0.840 bits per heavy atom. The van der Waals surface area contributed by atoms with Gasteiger partial charge in [-0.25, -0.2) is 0 Å². The quantitative estimate of drug-likeness (QED) is 0.0721. The minimum Gasteiger partial charge on any atom is -0.494 e. The molecule has 1 saturated heterocycles. The predicted octanol–water partition coefficient (Wildman–Crippen LogP) is 8.29. The molecule has 50 heavy (non-hydrogen) atoms. The van der Waals surface area contributed by atoms with Crippen molar-refractivity contribution in [2.24, 2.45) is 0 Å². The van der Waals surface area contributed by atoms with Gasteiger partial charge in [-0.05, 0) is 112 Å². The van der Waals surface area contributed by atoms with Crippen LogP contribution in [0, 0.1) is 0 Å². The monoisotopic (exact) mass is 670 g/mol. The predicted molar refractivity (Wildman–Crippen MR) is 200 cm³/mol. The fraction of sp³-hybridized carbons (Fsp3) is 0.364. The maximum Gasteiger partial charge on any atom is 0.316 e. The maximum atomic E-state index is 13.3. The summed E-state index contributed by atoms with van der Waals surface area (Å²) in [7, 11) is 2.14. The summed E-state index contributed by atoms with van der Waals surface area (Å²) in [6.45, 7) is 7.48. The number of benzene rings is 4. The zero-order valence-electron chi connectivity index (χ0n) is 29.6. The maximum absolute atomic E-state index is 13.3. The standard InChI is InChI=1S/C44H50N2O4/c1-3-49-43(48)44(39-15-9-5-10-16-39)23-26-46(27-24-44)25-11-6-12-28-50-40-22-21-37-30-38(42(47)41(37)31-40)29-34-17-19-36(20-18-34)33-45(2)32-35-13-7-4-8-14-35/h4-5,7-10,13-22,29,31H,3,6,11-12,23-28,30,32-33H2,1-2H3/b38-29+. The lowest BCUT2D eigenvalue weighted by molar-refractivity contribution is -0.152. The van der Waals surface area contributed by atoms with Gasteiger partial charge >= 0.3 is 5.97 Å². The number of piperidine rings is 1. The third-order valence-electron chi connectivity index (χ3n) is 10.2. The molecule has 0 spiro atoms. The number of unbranched alkanes of at least 4 members (excludes halogenated alkanes) is 2. The van der Waals surface area contributed by atoms with E-state index in [0.717, 1.165) is 98.4 Å². The Morgan fingerprint density at radius 2 is 1.52 bits per heavy atom. The van der Waals surface area contributed by atoms with Crippen LogP contribution < -0.4 is 4.74 Å². The minimum atomic E-state index is -0.540. The highest BCUT2D eigenvalue weighted by Crippen LogP contribution is 2.37. The van der Waals surface area contributed by atoms with Gasteiger partial charge in [-0.1, -0.05) is 91.0 Å². The first kappa shape index (κ1) is 35.3. The molecule has 0 aromatic heterocycles. The zero-order valence-corrected chi connectivity index (χ0v) is 29.6. The van der Waals surface area contributed by atoms with Crippen molar-refractivity contribution in [1.29, 1.82) is 0 Å². The smallest absolute Gasteiger partial charge is 0.316 e. The van der Waals surface area contributed by atoms with Crippen LogP contribution in [0.4, 0.5) is 0 Å². The third kappa shape index (κ3) is 8.79. The van der Waals surface area contributed by atoms with Crippen molar-refractivity contribution in [2.75, 3.05) is 39.9 Å². The summed E-state index contributed by atoms with van der Waals surface area (Å²) in [6.07, 6.45) is 7.36. The number of ether oxygens (including phenoxy) is 2. The summed E-state index contributed by atoms with van der Waals surface area (Å²) in [4.78, 5) is 31.2. The van der Waals surface area contributed by atoms with Crippen LogP contribution in [0.5, 0.6) is 5.75 Å². The second kappa shape index (κ2) is 16.9. The van der Waals surface area contributed by atoms with E-state index in [0.29, 0.717) is 19.6 Å². The van der Waals surface area contributed by atoms with Crippen LogP contribution in [0.2, 0.25) is 0 Å². The number of rotatable bonds is 15. The van der Waals surface area contributed by atoms with Gasteiger partial charge in [-0.2, -0.15) is 0 Å². The lowest BCUT2D eigenvalue weighted by atomic mass is 9.72. The average molecular weight is 671 g/mol. The van der Waals surface area contributed by atoms with Crippen LogP contribution >= 0.6 is 0 Å². The van der Waals surface area contributed by atoms with E-state index < -0.39 is 5.41 Å². The molecule has 4 aromatic rings. The summed E-state index contributed by atoms with van der Waals surface area (Å²) in [5, 5.41) is 0. The number of nitrogens with zero attached hydrogens (tertiary/aromatic N) is 2. The summed E-state index contributed by atoms with van der Waals surface area (Å²) < 4.78 is 11.6. The number of likely N-dealkylation sites (tertiary alicyclic amines) is 1. The Kier molecular flexibility index (Phi) is 12.0. The van der Waals surface area contributed by atoms with Crippen LogP contribution in [0.15, 0.2) is 109 Å². The molecule has 6 rings (SSSR count). The zero-order chi connectivity index (χ0) is 34.8. The Bertz CT molecular complexity index is 1740. The van der Waals surface area contributed by atoms with E-state index in [9.17, 15) is 9.59 Å². The minimum absolute atomic E-state index is 0.0904. The molecular formula is C44H50N2O4. The average Bonchev–Trinajstić information content (AvgIpc) is 3.45. The van der Waals surface area contributed by atoms with Crippen LogP contribution in [0.25, 0.3) is 6.08 Å².